The van der Waals surface area contributed by atoms with Crippen molar-refractivity contribution in [1.82, 2.24) is 9.97 Å². The minimum atomic E-state index is -1.08. The van der Waals surface area contributed by atoms with Crippen molar-refractivity contribution in [2.75, 3.05) is 11.1 Å². The Balaban J connectivity index is 2.20. The van der Waals surface area contributed by atoms with Crippen molar-refractivity contribution >= 4 is 17.5 Å². The van der Waals surface area contributed by atoms with Crippen LogP contribution in [0.1, 0.15) is 29.0 Å². The van der Waals surface area contributed by atoms with Gasteiger partial charge < -0.3 is 16.2 Å². The first-order valence-electron chi connectivity index (χ1n) is 5.74. The zero-order chi connectivity index (χ0) is 13.8. The molecule has 4 N–H and O–H groups in total. The number of aromatic carboxylic acids is 1. The maximum absolute atomic E-state index is 11.0. The van der Waals surface area contributed by atoms with Crippen LogP contribution in [-0.2, 0) is 0 Å². The van der Waals surface area contributed by atoms with E-state index < -0.39 is 5.97 Å². The van der Waals surface area contributed by atoms with E-state index in [0.29, 0.717) is 5.82 Å². The highest BCUT2D eigenvalue weighted by atomic mass is 16.4. The van der Waals surface area contributed by atoms with E-state index in [4.69, 9.17) is 10.8 Å². The van der Waals surface area contributed by atoms with E-state index in [2.05, 4.69) is 15.3 Å². The number of anilines is 2. The summed E-state index contributed by atoms with van der Waals surface area (Å²) in [5.74, 6) is -0.627. The second kappa shape index (κ2) is 5.34. The largest absolute Gasteiger partial charge is 0.478 e. The van der Waals surface area contributed by atoms with Crippen LogP contribution in [0.25, 0.3) is 0 Å². The molecule has 6 nitrogen and oxygen atoms in total. The first-order valence-corrected chi connectivity index (χ1v) is 5.74. The molecule has 0 aliphatic heterocycles. The second-order valence-corrected chi connectivity index (χ2v) is 4.08. The Bertz CT molecular complexity index is 586. The molecule has 2 aromatic heterocycles. The minimum Gasteiger partial charge on any atom is -0.478 e. The summed E-state index contributed by atoms with van der Waals surface area (Å²) in [6.07, 6.45) is 3.03. The number of hydrogen-bond donors (Lipinski definition) is 3. The molecule has 0 aromatic carbocycles. The Kier molecular flexibility index (Phi) is 3.61. The Labute approximate surface area is 110 Å². The molecule has 98 valence electrons. The highest BCUT2D eigenvalue weighted by Crippen LogP contribution is 2.19. The van der Waals surface area contributed by atoms with Gasteiger partial charge in [-0.3, -0.25) is 4.98 Å². The number of aromatic nitrogens is 2. The maximum atomic E-state index is 11.0. The van der Waals surface area contributed by atoms with Crippen LogP contribution in [0, 0.1) is 0 Å². The van der Waals surface area contributed by atoms with Crippen LogP contribution in [0.4, 0.5) is 11.5 Å². The fraction of sp³-hybridized carbons (Fsp3) is 0.154. The summed E-state index contributed by atoms with van der Waals surface area (Å²) in [5, 5.41) is 12.1. The lowest BCUT2D eigenvalue weighted by Crippen LogP contribution is -2.11. The van der Waals surface area contributed by atoms with E-state index in [-0.39, 0.29) is 17.3 Å². The molecule has 1 atom stereocenters. The quantitative estimate of drug-likeness (QED) is 0.774. The molecule has 0 fully saturated rings. The van der Waals surface area contributed by atoms with Crippen LogP contribution in [0.2, 0.25) is 0 Å². The van der Waals surface area contributed by atoms with Gasteiger partial charge in [0, 0.05) is 6.20 Å². The summed E-state index contributed by atoms with van der Waals surface area (Å²) >= 11 is 0. The highest BCUT2D eigenvalue weighted by molar-refractivity contribution is 5.94. The standard InChI is InChI=1S/C13H14N4O2/c1-8(11-4-2-3-5-15-11)17-12-6-9(13(18)19)10(14)7-16-12/h2-8H,14H2,1H3,(H,16,17)(H,18,19). The summed E-state index contributed by atoms with van der Waals surface area (Å²) < 4.78 is 0. The molecule has 0 saturated carbocycles. The molecular weight excluding hydrogens is 244 g/mol. The van der Waals surface area contributed by atoms with Crippen LogP contribution in [0.3, 0.4) is 0 Å². The van der Waals surface area contributed by atoms with E-state index in [0.717, 1.165) is 5.69 Å². The minimum absolute atomic E-state index is 0.0331. The number of nitrogen functional groups attached to an aromatic ring is 1. The third kappa shape index (κ3) is 2.98. The van der Waals surface area contributed by atoms with E-state index in [1.807, 2.05) is 25.1 Å². The molecule has 2 aromatic rings. The molecule has 0 bridgehead atoms. The first kappa shape index (κ1) is 12.8. The van der Waals surface area contributed by atoms with Crippen molar-refractivity contribution in [3.05, 3.63) is 47.9 Å². The fourth-order valence-electron chi connectivity index (χ4n) is 1.66. The Morgan fingerprint density at radius 3 is 2.84 bits per heavy atom. The predicted molar refractivity (Wildman–Crippen MR) is 71.9 cm³/mol. The molecule has 0 aliphatic carbocycles. The summed E-state index contributed by atoms with van der Waals surface area (Å²) in [4.78, 5) is 19.3. The van der Waals surface area contributed by atoms with Gasteiger partial charge in [0.2, 0.25) is 0 Å². The summed E-state index contributed by atoms with van der Waals surface area (Å²) in [6, 6.07) is 6.93. The zero-order valence-electron chi connectivity index (χ0n) is 10.4. The van der Waals surface area contributed by atoms with Crippen molar-refractivity contribution in [1.29, 1.82) is 0 Å². The monoisotopic (exact) mass is 258 g/mol. The van der Waals surface area contributed by atoms with Gasteiger partial charge in [0.15, 0.2) is 0 Å². The van der Waals surface area contributed by atoms with Gasteiger partial charge in [0.25, 0.3) is 0 Å². The second-order valence-electron chi connectivity index (χ2n) is 4.08. The molecular formula is C13H14N4O2. The Hall–Kier alpha value is -2.63. The van der Waals surface area contributed by atoms with Gasteiger partial charge in [-0.25, -0.2) is 9.78 Å². The van der Waals surface area contributed by atoms with Crippen molar-refractivity contribution in [2.45, 2.75) is 13.0 Å². The summed E-state index contributed by atoms with van der Waals surface area (Å²) in [5.41, 5.74) is 6.57. The van der Waals surface area contributed by atoms with Crippen molar-refractivity contribution in [3.63, 3.8) is 0 Å². The van der Waals surface area contributed by atoms with Gasteiger partial charge >= 0.3 is 5.97 Å². The third-order valence-corrected chi connectivity index (χ3v) is 2.66. The number of hydrogen-bond acceptors (Lipinski definition) is 5. The van der Waals surface area contributed by atoms with E-state index in [1.165, 1.54) is 12.3 Å². The Morgan fingerprint density at radius 2 is 2.21 bits per heavy atom. The summed E-state index contributed by atoms with van der Waals surface area (Å²) in [6.45, 7) is 1.92. The molecule has 0 saturated heterocycles. The molecule has 0 radical (unpaired) electrons. The number of carbonyl (C=O) groups is 1. The molecule has 19 heavy (non-hydrogen) atoms. The van der Waals surface area contributed by atoms with Gasteiger partial charge in [0.1, 0.15) is 5.82 Å². The highest BCUT2D eigenvalue weighted by Gasteiger charge is 2.12. The lowest BCUT2D eigenvalue weighted by Gasteiger charge is -2.14. The molecule has 6 heteroatoms. The van der Waals surface area contributed by atoms with Gasteiger partial charge in [0.05, 0.1) is 29.2 Å². The number of nitrogens with one attached hydrogen (secondary N) is 1. The number of pyridine rings is 2. The van der Waals surface area contributed by atoms with Crippen LogP contribution >= 0.6 is 0 Å². The number of carboxylic acid groups (broad SMARTS) is 1. The van der Waals surface area contributed by atoms with E-state index >= 15 is 0 Å². The van der Waals surface area contributed by atoms with Gasteiger partial charge in [-0.2, -0.15) is 0 Å². The molecule has 2 rings (SSSR count). The number of nitrogens with zero attached hydrogens (tertiary/aromatic N) is 2. The Morgan fingerprint density at radius 1 is 1.42 bits per heavy atom. The fourth-order valence-corrected chi connectivity index (χ4v) is 1.66. The van der Waals surface area contributed by atoms with Crippen LogP contribution in [0.15, 0.2) is 36.7 Å². The lowest BCUT2D eigenvalue weighted by atomic mass is 10.2. The smallest absolute Gasteiger partial charge is 0.337 e. The van der Waals surface area contributed by atoms with Gasteiger partial charge in [-0.15, -0.1) is 0 Å². The first-order chi connectivity index (χ1) is 9.08. The van der Waals surface area contributed by atoms with Crippen LogP contribution in [0.5, 0.6) is 0 Å². The van der Waals surface area contributed by atoms with Crippen LogP contribution in [-0.4, -0.2) is 21.0 Å². The van der Waals surface area contributed by atoms with Gasteiger partial charge in [-0.05, 0) is 25.1 Å². The molecule has 2 heterocycles. The molecule has 1 unspecified atom stereocenters. The van der Waals surface area contributed by atoms with E-state index in [9.17, 15) is 4.79 Å². The van der Waals surface area contributed by atoms with Crippen molar-refractivity contribution in [3.8, 4) is 0 Å². The number of carboxylic acids is 1. The van der Waals surface area contributed by atoms with Gasteiger partial charge in [-0.1, -0.05) is 6.07 Å². The lowest BCUT2D eigenvalue weighted by molar-refractivity contribution is 0.0698. The zero-order valence-corrected chi connectivity index (χ0v) is 10.4. The average Bonchev–Trinajstić information content (AvgIpc) is 2.41. The molecule has 0 spiro atoms. The number of nitrogens with two attached hydrogens (primary N) is 1. The van der Waals surface area contributed by atoms with Crippen molar-refractivity contribution < 1.29 is 9.90 Å². The molecule has 0 aliphatic rings. The maximum Gasteiger partial charge on any atom is 0.337 e. The third-order valence-electron chi connectivity index (χ3n) is 2.66. The SMILES string of the molecule is CC(Nc1cc(C(=O)O)c(N)cn1)c1ccccn1. The van der Waals surface area contributed by atoms with Crippen LogP contribution < -0.4 is 11.1 Å². The number of rotatable bonds is 4. The normalized spacial score (nSPS) is 11.8. The van der Waals surface area contributed by atoms with E-state index in [1.54, 1.807) is 6.20 Å². The van der Waals surface area contributed by atoms with Crippen molar-refractivity contribution in [2.24, 2.45) is 0 Å². The topological polar surface area (TPSA) is 101 Å². The average molecular weight is 258 g/mol. The summed E-state index contributed by atoms with van der Waals surface area (Å²) in [7, 11) is 0. The predicted octanol–water partition coefficient (Wildman–Crippen LogP) is 1.93. The molecule has 0 amide bonds.